The first kappa shape index (κ1) is 36.0. The third kappa shape index (κ3) is 8.75. The van der Waals surface area contributed by atoms with Gasteiger partial charge >= 0.3 is 0 Å². The summed E-state index contributed by atoms with van der Waals surface area (Å²) in [5.41, 5.74) is 2.65. The summed E-state index contributed by atoms with van der Waals surface area (Å²) in [4.78, 5) is 17.3. The van der Waals surface area contributed by atoms with Crippen molar-refractivity contribution in [1.29, 1.82) is 0 Å². The zero-order chi connectivity index (χ0) is 34.7. The third-order valence-corrected chi connectivity index (χ3v) is 9.54. The number of non-ortho nitro benzene ring substituents is 1. The largest absolute Gasteiger partial charge is 0.379 e. The molecule has 2 heterocycles. The van der Waals surface area contributed by atoms with Gasteiger partial charge in [0.1, 0.15) is 12.2 Å². The van der Waals surface area contributed by atoms with Crippen molar-refractivity contribution >= 4 is 86.2 Å². The zero-order valence-corrected chi connectivity index (χ0v) is 29.8. The minimum Gasteiger partial charge on any atom is -0.379 e. The average molecular weight is 787 g/mol. The van der Waals surface area contributed by atoms with Crippen LogP contribution in [0.5, 0.6) is 0 Å². The van der Waals surface area contributed by atoms with Gasteiger partial charge in [-0.3, -0.25) is 10.1 Å². The van der Waals surface area contributed by atoms with Crippen molar-refractivity contribution in [3.05, 3.63) is 142 Å². The van der Waals surface area contributed by atoms with Crippen molar-refractivity contribution in [3.8, 4) is 0 Å². The van der Waals surface area contributed by atoms with Crippen molar-refractivity contribution in [3.63, 3.8) is 0 Å². The molecule has 49 heavy (non-hydrogen) atoms. The fourth-order valence-corrected chi connectivity index (χ4v) is 6.67. The predicted octanol–water partition coefficient (Wildman–Crippen LogP) is 10.0. The smallest absolute Gasteiger partial charge is 0.270 e. The molecule has 1 aromatic heterocycles. The van der Waals surface area contributed by atoms with Crippen molar-refractivity contribution < 1.29 is 28.7 Å². The highest BCUT2D eigenvalue weighted by atomic mass is 35.5. The number of nitrogens with zero attached hydrogens (tertiary/aromatic N) is 2. The number of aromatic nitrogens is 1. The lowest BCUT2D eigenvalue weighted by Crippen LogP contribution is -2.42. The molecule has 0 amide bonds. The lowest BCUT2D eigenvalue weighted by molar-refractivity contribution is -0.384. The van der Waals surface area contributed by atoms with Gasteiger partial charge in [0, 0.05) is 53.9 Å². The molecule has 1 aliphatic rings. The van der Waals surface area contributed by atoms with Crippen LogP contribution in [0.1, 0.15) is 16.7 Å². The molecule has 0 bridgehead atoms. The van der Waals surface area contributed by atoms with Crippen LogP contribution >= 0.6 is 69.6 Å². The number of nitro groups is 1. The fraction of sp³-hybridized carbons (Fsp3) is 0.235. The molecule has 9 nitrogen and oxygen atoms in total. The first-order valence-electron chi connectivity index (χ1n) is 14.8. The molecule has 4 aromatic carbocycles. The van der Waals surface area contributed by atoms with E-state index in [-0.39, 0.29) is 32.1 Å². The molecular formula is C34H26Cl6N2O7. The highest BCUT2D eigenvalue weighted by molar-refractivity contribution is 6.36. The third-order valence-electron chi connectivity index (χ3n) is 7.78. The summed E-state index contributed by atoms with van der Waals surface area (Å²) >= 11 is 37.6. The van der Waals surface area contributed by atoms with Gasteiger partial charge in [0.05, 0.1) is 36.9 Å². The van der Waals surface area contributed by atoms with E-state index in [1.54, 1.807) is 72.9 Å². The number of nitro benzene ring substituents is 1. The number of fused-ring (bicyclic) bond motifs is 1. The van der Waals surface area contributed by atoms with Crippen molar-refractivity contribution in [2.45, 2.75) is 44.4 Å². The number of ether oxygens (including phenoxy) is 4. The summed E-state index contributed by atoms with van der Waals surface area (Å²) in [5, 5.41) is 14.8. The molecular weight excluding hydrogens is 761 g/mol. The van der Waals surface area contributed by atoms with E-state index >= 15 is 0 Å². The van der Waals surface area contributed by atoms with Gasteiger partial charge in [-0.1, -0.05) is 87.8 Å². The molecule has 6 rings (SSSR count). The SMILES string of the molecule is O=[N+]([O-])c1ccc2c(ccn2OC2O[C@H](COCc3ccc(Cl)cc3Cl)[C@@H](OCc3ccc(Cl)cc3Cl)[C@H]2OCc2ccc(Cl)cc2Cl)c1. The van der Waals surface area contributed by atoms with E-state index in [1.165, 1.54) is 16.9 Å². The Bertz CT molecular complexity index is 1980. The van der Waals surface area contributed by atoms with E-state index in [1.807, 2.05) is 0 Å². The topological polar surface area (TPSA) is 94.2 Å². The standard InChI is InChI=1S/C34H26Cl6N2O7/c35-23-4-1-20(27(38)12-23)15-45-18-31-32(46-16-21-2-5-24(36)13-28(21)39)33(47-17-22-3-6-25(37)14-29(22)40)34(48-31)49-41-10-9-19-11-26(42(43)44)7-8-30(19)41/h1-14,31-34H,15-18H2/t31-,32-,33-,34?/m1/s1. The van der Waals surface area contributed by atoms with Gasteiger partial charge in [-0.15, -0.1) is 0 Å². The molecule has 1 aliphatic heterocycles. The number of hydrogen-bond donors (Lipinski definition) is 0. The number of rotatable bonds is 13. The van der Waals surface area contributed by atoms with Crippen LogP contribution in [0.15, 0.2) is 85.1 Å². The van der Waals surface area contributed by atoms with Gasteiger partial charge in [0.15, 0.2) is 6.10 Å². The second kappa shape index (κ2) is 16.0. The van der Waals surface area contributed by atoms with Crippen molar-refractivity contribution in [2.75, 3.05) is 6.61 Å². The Balaban J connectivity index is 1.29. The fourth-order valence-electron chi connectivity index (χ4n) is 5.28. The number of halogens is 6. The van der Waals surface area contributed by atoms with E-state index in [9.17, 15) is 10.1 Å². The first-order valence-corrected chi connectivity index (χ1v) is 17.0. The Labute approximate surface area is 311 Å². The van der Waals surface area contributed by atoms with Gasteiger partial charge < -0.3 is 23.8 Å². The Morgan fingerprint density at radius 2 is 1.24 bits per heavy atom. The Morgan fingerprint density at radius 3 is 1.80 bits per heavy atom. The molecule has 0 aliphatic carbocycles. The molecule has 1 fully saturated rings. The average Bonchev–Trinajstić information content (AvgIpc) is 3.61. The Kier molecular flexibility index (Phi) is 11.8. The Hall–Kier alpha value is -2.80. The maximum Gasteiger partial charge on any atom is 0.270 e. The summed E-state index contributed by atoms with van der Waals surface area (Å²) in [6, 6.07) is 21.5. The van der Waals surface area contributed by atoms with Crippen LogP contribution in [0.2, 0.25) is 30.1 Å². The van der Waals surface area contributed by atoms with Crippen LogP contribution in [0.3, 0.4) is 0 Å². The van der Waals surface area contributed by atoms with Gasteiger partial charge in [0.2, 0.25) is 0 Å². The summed E-state index contributed by atoms with van der Waals surface area (Å²) in [5.74, 6) is 0. The molecule has 256 valence electrons. The van der Waals surface area contributed by atoms with Crippen LogP contribution in [0.4, 0.5) is 5.69 Å². The first-order chi connectivity index (χ1) is 23.5. The second-order valence-electron chi connectivity index (χ2n) is 11.1. The van der Waals surface area contributed by atoms with E-state index in [0.717, 1.165) is 5.56 Å². The van der Waals surface area contributed by atoms with Crippen molar-refractivity contribution in [1.82, 2.24) is 4.73 Å². The van der Waals surface area contributed by atoms with Crippen LogP contribution in [-0.2, 0) is 38.8 Å². The molecule has 5 aromatic rings. The van der Waals surface area contributed by atoms with Crippen molar-refractivity contribution in [2.24, 2.45) is 0 Å². The number of benzene rings is 4. The zero-order valence-electron chi connectivity index (χ0n) is 25.2. The molecule has 4 atom stereocenters. The monoisotopic (exact) mass is 784 g/mol. The summed E-state index contributed by atoms with van der Waals surface area (Å²) < 4.78 is 26.9. The summed E-state index contributed by atoms with van der Waals surface area (Å²) in [6.45, 7) is 0.397. The highest BCUT2D eigenvalue weighted by Gasteiger charge is 2.49. The van der Waals surface area contributed by atoms with E-state index < -0.39 is 29.5 Å². The van der Waals surface area contributed by atoms with Gasteiger partial charge in [-0.25, -0.2) is 0 Å². The lowest BCUT2D eigenvalue weighted by Gasteiger charge is -2.25. The lowest BCUT2D eigenvalue weighted by atomic mass is 10.1. The molecule has 0 spiro atoms. The van der Waals surface area contributed by atoms with Gasteiger partial charge in [-0.05, 0) is 65.2 Å². The van der Waals surface area contributed by atoms with E-state index in [2.05, 4.69) is 0 Å². The predicted molar refractivity (Wildman–Crippen MR) is 190 cm³/mol. The van der Waals surface area contributed by atoms with Crippen LogP contribution in [0, 0.1) is 10.1 Å². The highest BCUT2D eigenvalue weighted by Crippen LogP contribution is 2.33. The quantitative estimate of drug-likeness (QED) is 0.0867. The molecule has 0 radical (unpaired) electrons. The van der Waals surface area contributed by atoms with E-state index in [0.29, 0.717) is 52.2 Å². The molecule has 0 saturated carbocycles. The normalized spacial score (nSPS) is 19.1. The van der Waals surface area contributed by atoms with Gasteiger partial charge in [0.25, 0.3) is 12.0 Å². The molecule has 1 unspecified atom stereocenters. The Morgan fingerprint density at radius 1 is 0.694 bits per heavy atom. The van der Waals surface area contributed by atoms with Gasteiger partial charge in [-0.2, -0.15) is 4.73 Å². The minimum absolute atomic E-state index is 0.0456. The maximum atomic E-state index is 11.3. The van der Waals surface area contributed by atoms with Crippen LogP contribution in [-0.4, -0.2) is 40.9 Å². The second-order valence-corrected chi connectivity index (χ2v) is 13.6. The minimum atomic E-state index is -1.03. The van der Waals surface area contributed by atoms with E-state index in [4.69, 9.17) is 93.4 Å². The molecule has 1 saturated heterocycles. The maximum absolute atomic E-state index is 11.3. The van der Waals surface area contributed by atoms with Crippen LogP contribution in [0.25, 0.3) is 10.9 Å². The van der Waals surface area contributed by atoms with Crippen LogP contribution < -0.4 is 4.84 Å². The summed E-state index contributed by atoms with van der Waals surface area (Å²) in [7, 11) is 0. The summed E-state index contributed by atoms with van der Waals surface area (Å²) in [6.07, 6.45) is -1.67. The number of hydrogen-bond acceptors (Lipinski definition) is 7. The molecule has 0 N–H and O–H groups in total. The molecule has 15 heteroatoms.